The molecule has 0 bridgehead atoms. The summed E-state index contributed by atoms with van der Waals surface area (Å²) in [7, 11) is 0. The Morgan fingerprint density at radius 2 is 2.10 bits per heavy atom. The van der Waals surface area contributed by atoms with Crippen LogP contribution in [0.25, 0.3) is 0 Å². The molecule has 2 aromatic heterocycles. The highest BCUT2D eigenvalue weighted by Gasteiger charge is 2.20. The number of nitrogens with one attached hydrogen (secondary N) is 2. The molecular weight excluding hydrogens is 368 g/mol. The van der Waals surface area contributed by atoms with Crippen LogP contribution in [-0.4, -0.2) is 33.9 Å². The van der Waals surface area contributed by atoms with Gasteiger partial charge in [-0.05, 0) is 43.5 Å². The molecule has 1 aliphatic heterocycles. The van der Waals surface area contributed by atoms with Crippen LogP contribution >= 0.6 is 0 Å². The van der Waals surface area contributed by atoms with Crippen LogP contribution < -0.4 is 21.3 Å². The molecule has 1 aliphatic rings. The third kappa shape index (κ3) is 5.23. The molecule has 29 heavy (non-hydrogen) atoms. The van der Waals surface area contributed by atoms with Gasteiger partial charge < -0.3 is 20.4 Å². The van der Waals surface area contributed by atoms with Crippen LogP contribution in [0, 0.1) is 6.92 Å². The Balaban J connectivity index is 1.67. The molecule has 0 aromatic carbocycles. The minimum Gasteiger partial charge on any atom is -0.471 e. The number of nitrogens with two attached hydrogens (primary N) is 1. The van der Waals surface area contributed by atoms with Gasteiger partial charge in [-0.2, -0.15) is 0 Å². The number of carbonyl (C=O) groups excluding carboxylic acids is 1. The van der Waals surface area contributed by atoms with E-state index < -0.39 is 0 Å². The lowest BCUT2D eigenvalue weighted by atomic mass is 10.0. The summed E-state index contributed by atoms with van der Waals surface area (Å²) in [4.78, 5) is 22.5. The van der Waals surface area contributed by atoms with E-state index in [9.17, 15) is 4.79 Å². The highest BCUT2D eigenvalue weighted by Crippen LogP contribution is 2.23. The molecule has 3 rings (SSSR count). The van der Waals surface area contributed by atoms with Crippen LogP contribution in [0.3, 0.4) is 0 Å². The van der Waals surface area contributed by atoms with Crippen molar-refractivity contribution in [2.75, 3.05) is 18.5 Å². The van der Waals surface area contributed by atoms with E-state index in [1.165, 1.54) is 5.56 Å². The van der Waals surface area contributed by atoms with Crippen LogP contribution in [0.5, 0.6) is 5.88 Å². The molecule has 0 saturated carbocycles. The van der Waals surface area contributed by atoms with E-state index in [0.29, 0.717) is 18.8 Å². The second-order valence-corrected chi connectivity index (χ2v) is 7.06. The van der Waals surface area contributed by atoms with Crippen LogP contribution in [-0.2, 0) is 17.8 Å². The van der Waals surface area contributed by atoms with Crippen molar-refractivity contribution in [1.29, 1.82) is 0 Å². The van der Waals surface area contributed by atoms with Crippen molar-refractivity contribution in [3.63, 3.8) is 0 Å². The van der Waals surface area contributed by atoms with Crippen LogP contribution in [0.1, 0.15) is 37.1 Å². The first-order valence-electron chi connectivity index (χ1n) is 9.74. The average molecular weight is 396 g/mol. The standard InChI is InChI=1S/C21H28N6O2/c1-4-21(28)27-8-7-16-9-20(24-10-17(16)12-27)29-13-19(15(3)26-22)25-18-6-5-14(2)23-11-18/h5-6,9-11,25-26H,4,7-8,12-13,22H2,1-3H3/b19-15-. The number of fused-ring (bicyclic) bond motifs is 1. The number of carbonyl (C=O) groups is 1. The quantitative estimate of drug-likeness (QED) is 0.487. The number of hydrogen-bond acceptors (Lipinski definition) is 7. The van der Waals surface area contributed by atoms with Crippen molar-refractivity contribution in [3.05, 3.63) is 58.8 Å². The lowest BCUT2D eigenvalue weighted by molar-refractivity contribution is -0.131. The predicted molar refractivity (Wildman–Crippen MR) is 112 cm³/mol. The molecule has 4 N–H and O–H groups in total. The Morgan fingerprint density at radius 1 is 1.28 bits per heavy atom. The number of pyridine rings is 2. The molecule has 0 aliphatic carbocycles. The number of amides is 1. The van der Waals surface area contributed by atoms with Crippen LogP contribution in [0.2, 0.25) is 0 Å². The number of aryl methyl sites for hydroxylation is 1. The molecule has 0 saturated heterocycles. The summed E-state index contributed by atoms with van der Waals surface area (Å²) < 4.78 is 5.92. The minimum atomic E-state index is 0.173. The second kappa shape index (κ2) is 9.38. The second-order valence-electron chi connectivity index (χ2n) is 7.06. The Kier molecular flexibility index (Phi) is 6.66. The van der Waals surface area contributed by atoms with Crippen molar-refractivity contribution in [2.45, 2.75) is 40.2 Å². The predicted octanol–water partition coefficient (Wildman–Crippen LogP) is 2.27. The third-order valence-corrected chi connectivity index (χ3v) is 4.97. The molecule has 154 valence electrons. The molecule has 1 amide bonds. The van der Waals surface area contributed by atoms with Gasteiger partial charge in [0.1, 0.15) is 6.61 Å². The first-order chi connectivity index (χ1) is 14.0. The molecule has 0 atom stereocenters. The fourth-order valence-electron chi connectivity index (χ4n) is 3.12. The fourth-order valence-corrected chi connectivity index (χ4v) is 3.12. The lowest BCUT2D eigenvalue weighted by Crippen LogP contribution is -2.35. The maximum Gasteiger partial charge on any atom is 0.222 e. The van der Waals surface area contributed by atoms with Gasteiger partial charge in [0.15, 0.2) is 0 Å². The number of hydrazine groups is 1. The average Bonchev–Trinajstić information content (AvgIpc) is 2.76. The van der Waals surface area contributed by atoms with Gasteiger partial charge in [-0.15, -0.1) is 0 Å². The normalized spacial score (nSPS) is 14.0. The molecular formula is C21H28N6O2. The molecule has 3 heterocycles. The molecule has 2 aromatic rings. The smallest absolute Gasteiger partial charge is 0.222 e. The van der Waals surface area contributed by atoms with Crippen molar-refractivity contribution in [1.82, 2.24) is 20.3 Å². The van der Waals surface area contributed by atoms with E-state index in [2.05, 4.69) is 20.7 Å². The number of rotatable bonds is 7. The number of allylic oxidation sites excluding steroid dienone is 1. The maximum absolute atomic E-state index is 11.9. The summed E-state index contributed by atoms with van der Waals surface area (Å²) in [5.74, 6) is 6.31. The van der Waals surface area contributed by atoms with Gasteiger partial charge >= 0.3 is 0 Å². The fraction of sp³-hybridized carbons (Fsp3) is 0.381. The minimum absolute atomic E-state index is 0.173. The van der Waals surface area contributed by atoms with Crippen LogP contribution in [0.4, 0.5) is 5.69 Å². The maximum atomic E-state index is 11.9. The van der Waals surface area contributed by atoms with E-state index in [-0.39, 0.29) is 12.5 Å². The van der Waals surface area contributed by atoms with Gasteiger partial charge in [0.25, 0.3) is 0 Å². The van der Waals surface area contributed by atoms with E-state index in [1.54, 1.807) is 12.4 Å². The van der Waals surface area contributed by atoms with Gasteiger partial charge in [0.2, 0.25) is 11.8 Å². The van der Waals surface area contributed by atoms with Gasteiger partial charge in [-0.25, -0.2) is 4.98 Å². The third-order valence-electron chi connectivity index (χ3n) is 4.97. The molecule has 8 heteroatoms. The summed E-state index contributed by atoms with van der Waals surface area (Å²) in [5.41, 5.74) is 8.26. The SMILES string of the molecule is CCC(=O)N1CCc2cc(OC/C(Nc3ccc(C)nc3)=C(\C)NN)ncc2C1. The topological polar surface area (TPSA) is 105 Å². The van der Waals surface area contributed by atoms with Crippen molar-refractivity contribution in [2.24, 2.45) is 5.84 Å². The Hall–Kier alpha value is -3.13. The van der Waals surface area contributed by atoms with Gasteiger partial charge in [0.05, 0.1) is 17.6 Å². The van der Waals surface area contributed by atoms with Crippen molar-refractivity contribution < 1.29 is 9.53 Å². The van der Waals surface area contributed by atoms with Crippen molar-refractivity contribution >= 4 is 11.6 Å². The monoisotopic (exact) mass is 396 g/mol. The van der Waals surface area contributed by atoms with Gasteiger partial charge in [-0.3, -0.25) is 15.6 Å². The zero-order valence-corrected chi connectivity index (χ0v) is 17.2. The molecule has 0 radical (unpaired) electrons. The van der Waals surface area contributed by atoms with Gasteiger partial charge in [0, 0.05) is 43.2 Å². The summed E-state index contributed by atoms with van der Waals surface area (Å²) in [6.45, 7) is 7.31. The first-order valence-corrected chi connectivity index (χ1v) is 9.74. The molecule has 8 nitrogen and oxygen atoms in total. The zero-order valence-electron chi connectivity index (χ0n) is 17.2. The number of hydrogen-bond donors (Lipinski definition) is 3. The Morgan fingerprint density at radius 3 is 2.79 bits per heavy atom. The summed E-state index contributed by atoms with van der Waals surface area (Å²) in [6, 6.07) is 5.84. The van der Waals surface area contributed by atoms with E-state index in [1.807, 2.05) is 43.9 Å². The molecule has 0 fully saturated rings. The van der Waals surface area contributed by atoms with Crippen molar-refractivity contribution in [3.8, 4) is 5.88 Å². The summed E-state index contributed by atoms with van der Waals surface area (Å²) >= 11 is 0. The number of nitrogens with zero attached hydrogens (tertiary/aromatic N) is 3. The number of aromatic nitrogens is 2. The van der Waals surface area contributed by atoms with Crippen LogP contribution in [0.15, 0.2) is 42.0 Å². The largest absolute Gasteiger partial charge is 0.471 e. The Bertz CT molecular complexity index is 895. The highest BCUT2D eigenvalue weighted by atomic mass is 16.5. The molecule has 0 unspecified atom stereocenters. The Labute approximate surface area is 171 Å². The lowest BCUT2D eigenvalue weighted by Gasteiger charge is -2.28. The summed E-state index contributed by atoms with van der Waals surface area (Å²) in [5, 5.41) is 3.29. The van der Waals surface area contributed by atoms with E-state index in [0.717, 1.165) is 41.3 Å². The zero-order chi connectivity index (χ0) is 20.8. The summed E-state index contributed by atoms with van der Waals surface area (Å²) in [6.07, 6.45) is 4.89. The van der Waals surface area contributed by atoms with E-state index >= 15 is 0 Å². The molecule has 0 spiro atoms. The number of anilines is 1. The first kappa shape index (κ1) is 20.6. The number of ether oxygens (including phenoxy) is 1. The van der Waals surface area contributed by atoms with Gasteiger partial charge in [-0.1, -0.05) is 6.92 Å². The highest BCUT2D eigenvalue weighted by molar-refractivity contribution is 5.76. The van der Waals surface area contributed by atoms with E-state index in [4.69, 9.17) is 10.6 Å².